The van der Waals surface area contributed by atoms with E-state index >= 15 is 0 Å². The maximum absolute atomic E-state index is 12.3. The average Bonchev–Trinajstić information content (AvgIpc) is 3.04. The Morgan fingerprint density at radius 1 is 1.16 bits per heavy atom. The van der Waals surface area contributed by atoms with Gasteiger partial charge in [0.15, 0.2) is 11.2 Å². The number of aryl methyl sites for hydroxylation is 1. The van der Waals surface area contributed by atoms with E-state index in [4.69, 9.17) is 10.00 Å². The molecular weight excluding hydrogens is 322 g/mol. The predicted molar refractivity (Wildman–Crippen MR) is 91.5 cm³/mol. The Bertz CT molecular complexity index is 1070. The molecule has 8 heteroatoms. The van der Waals surface area contributed by atoms with Gasteiger partial charge in [0.05, 0.1) is 25.4 Å². The standard InChI is InChI=1S/C17H17N5O3/c1-20-15-14(16(23)21(2)17(20)24)22(11-19-15)9-10-25-13-5-3-12(4-6-13)7-8-18/h3-6,11H,7,9-10H2,1-2H3. The smallest absolute Gasteiger partial charge is 0.332 e. The van der Waals surface area contributed by atoms with Crippen LogP contribution in [0, 0.1) is 11.3 Å². The molecule has 8 nitrogen and oxygen atoms in total. The third-order valence-electron chi connectivity index (χ3n) is 4.02. The van der Waals surface area contributed by atoms with Crippen LogP contribution in [0.15, 0.2) is 40.2 Å². The van der Waals surface area contributed by atoms with Crippen LogP contribution < -0.4 is 16.0 Å². The van der Waals surface area contributed by atoms with Crippen LogP contribution in [-0.4, -0.2) is 25.3 Å². The normalized spacial score (nSPS) is 10.8. The van der Waals surface area contributed by atoms with E-state index in [2.05, 4.69) is 11.1 Å². The summed E-state index contributed by atoms with van der Waals surface area (Å²) in [5.74, 6) is 0.686. The number of benzene rings is 1. The zero-order valence-corrected chi connectivity index (χ0v) is 14.0. The largest absolute Gasteiger partial charge is 0.492 e. The van der Waals surface area contributed by atoms with E-state index in [9.17, 15) is 9.59 Å². The van der Waals surface area contributed by atoms with Gasteiger partial charge in [0.25, 0.3) is 5.56 Å². The summed E-state index contributed by atoms with van der Waals surface area (Å²) >= 11 is 0. The fourth-order valence-electron chi connectivity index (χ4n) is 2.62. The van der Waals surface area contributed by atoms with Crippen LogP contribution in [0.4, 0.5) is 0 Å². The highest BCUT2D eigenvalue weighted by atomic mass is 16.5. The number of rotatable bonds is 5. The maximum Gasteiger partial charge on any atom is 0.332 e. The first-order valence-corrected chi connectivity index (χ1v) is 7.72. The van der Waals surface area contributed by atoms with Crippen molar-refractivity contribution in [2.24, 2.45) is 14.1 Å². The Kier molecular flexibility index (Phi) is 4.39. The fourth-order valence-corrected chi connectivity index (χ4v) is 2.62. The van der Waals surface area contributed by atoms with Crippen LogP contribution in [0.3, 0.4) is 0 Å². The maximum atomic E-state index is 12.3. The van der Waals surface area contributed by atoms with Crippen molar-refractivity contribution >= 4 is 11.2 Å². The molecule has 0 N–H and O–H groups in total. The van der Waals surface area contributed by atoms with Crippen LogP contribution in [0.5, 0.6) is 5.75 Å². The Balaban J connectivity index is 1.77. The molecule has 2 aromatic heterocycles. The molecule has 0 radical (unpaired) electrons. The lowest BCUT2D eigenvalue weighted by Gasteiger charge is -2.09. The molecular formula is C17H17N5O3. The lowest BCUT2D eigenvalue weighted by molar-refractivity contribution is 0.300. The average molecular weight is 339 g/mol. The molecule has 0 spiro atoms. The van der Waals surface area contributed by atoms with Gasteiger partial charge in [0.1, 0.15) is 12.4 Å². The SMILES string of the molecule is Cn1c(=O)c2c(ncn2CCOc2ccc(CC#N)cc2)n(C)c1=O. The van der Waals surface area contributed by atoms with E-state index in [1.165, 1.54) is 17.9 Å². The van der Waals surface area contributed by atoms with E-state index in [-0.39, 0.29) is 5.56 Å². The first kappa shape index (κ1) is 16.5. The summed E-state index contributed by atoms with van der Waals surface area (Å²) in [6.45, 7) is 0.763. The van der Waals surface area contributed by atoms with E-state index in [1.807, 2.05) is 12.1 Å². The van der Waals surface area contributed by atoms with E-state index in [0.717, 1.165) is 10.1 Å². The first-order valence-electron chi connectivity index (χ1n) is 7.72. The molecule has 0 atom stereocenters. The number of hydrogen-bond acceptors (Lipinski definition) is 5. The number of hydrogen-bond donors (Lipinski definition) is 0. The van der Waals surface area contributed by atoms with E-state index in [0.29, 0.717) is 36.5 Å². The van der Waals surface area contributed by atoms with Crippen molar-refractivity contribution in [1.82, 2.24) is 18.7 Å². The summed E-state index contributed by atoms with van der Waals surface area (Å²) in [6, 6.07) is 9.40. The second kappa shape index (κ2) is 6.65. The van der Waals surface area contributed by atoms with Gasteiger partial charge >= 0.3 is 5.69 Å². The zero-order chi connectivity index (χ0) is 18.0. The molecule has 0 unspecified atom stereocenters. The van der Waals surface area contributed by atoms with Gasteiger partial charge in [-0.1, -0.05) is 12.1 Å². The van der Waals surface area contributed by atoms with E-state index < -0.39 is 5.69 Å². The van der Waals surface area contributed by atoms with Gasteiger partial charge in [-0.3, -0.25) is 13.9 Å². The summed E-state index contributed by atoms with van der Waals surface area (Å²) in [5.41, 5.74) is 0.874. The van der Waals surface area contributed by atoms with Crippen LogP contribution in [-0.2, 0) is 27.1 Å². The Morgan fingerprint density at radius 3 is 2.56 bits per heavy atom. The van der Waals surface area contributed by atoms with Gasteiger partial charge in [-0.15, -0.1) is 0 Å². The molecule has 0 saturated heterocycles. The number of imidazole rings is 1. The number of nitrogens with zero attached hydrogens (tertiary/aromatic N) is 5. The van der Waals surface area contributed by atoms with Crippen molar-refractivity contribution < 1.29 is 4.74 Å². The summed E-state index contributed by atoms with van der Waals surface area (Å²) in [5, 5.41) is 8.66. The molecule has 0 fully saturated rings. The van der Waals surface area contributed by atoms with Crippen molar-refractivity contribution in [2.45, 2.75) is 13.0 Å². The first-order chi connectivity index (χ1) is 12.0. The fraction of sp³-hybridized carbons (Fsp3) is 0.294. The lowest BCUT2D eigenvalue weighted by Crippen LogP contribution is -2.37. The summed E-state index contributed by atoms with van der Waals surface area (Å²) in [6.07, 6.45) is 1.90. The number of fused-ring (bicyclic) bond motifs is 1. The minimum absolute atomic E-state index is 0.342. The van der Waals surface area contributed by atoms with Gasteiger partial charge in [-0.05, 0) is 17.7 Å². The van der Waals surface area contributed by atoms with Gasteiger partial charge in [-0.25, -0.2) is 9.78 Å². The zero-order valence-electron chi connectivity index (χ0n) is 14.0. The Morgan fingerprint density at radius 2 is 1.88 bits per heavy atom. The molecule has 25 heavy (non-hydrogen) atoms. The van der Waals surface area contributed by atoms with E-state index in [1.54, 1.807) is 23.7 Å². The minimum Gasteiger partial charge on any atom is -0.492 e. The van der Waals surface area contributed by atoms with Gasteiger partial charge in [0, 0.05) is 14.1 Å². The third-order valence-corrected chi connectivity index (χ3v) is 4.02. The highest BCUT2D eigenvalue weighted by Crippen LogP contribution is 2.13. The third kappa shape index (κ3) is 3.04. The molecule has 3 aromatic rings. The number of nitriles is 1. The number of aromatic nitrogens is 4. The molecule has 0 aliphatic heterocycles. The van der Waals surface area contributed by atoms with Gasteiger partial charge in [-0.2, -0.15) is 5.26 Å². The quantitative estimate of drug-likeness (QED) is 0.677. The monoisotopic (exact) mass is 339 g/mol. The van der Waals surface area contributed by atoms with Crippen molar-refractivity contribution in [3.8, 4) is 11.8 Å². The molecule has 0 bridgehead atoms. The second-order valence-corrected chi connectivity index (χ2v) is 5.64. The molecule has 2 heterocycles. The topological polar surface area (TPSA) is 94.8 Å². The predicted octanol–water partition coefficient (Wildman–Crippen LogP) is 0.579. The van der Waals surface area contributed by atoms with Crippen molar-refractivity contribution in [2.75, 3.05) is 6.61 Å². The van der Waals surface area contributed by atoms with Crippen molar-refractivity contribution in [3.05, 3.63) is 57.0 Å². The Labute approximate surface area is 143 Å². The molecule has 0 amide bonds. The highest BCUT2D eigenvalue weighted by molar-refractivity contribution is 5.69. The van der Waals surface area contributed by atoms with Crippen LogP contribution in [0.1, 0.15) is 5.56 Å². The van der Waals surface area contributed by atoms with Crippen molar-refractivity contribution in [3.63, 3.8) is 0 Å². The molecule has 0 aliphatic carbocycles. The molecule has 3 rings (SSSR count). The van der Waals surface area contributed by atoms with Crippen LogP contribution in [0.2, 0.25) is 0 Å². The number of ether oxygens (including phenoxy) is 1. The van der Waals surface area contributed by atoms with Gasteiger partial charge in [0.2, 0.25) is 0 Å². The second-order valence-electron chi connectivity index (χ2n) is 5.64. The summed E-state index contributed by atoms with van der Waals surface area (Å²) < 4.78 is 9.77. The van der Waals surface area contributed by atoms with Gasteiger partial charge < -0.3 is 9.30 Å². The highest BCUT2D eigenvalue weighted by Gasteiger charge is 2.14. The molecule has 0 saturated carbocycles. The summed E-state index contributed by atoms with van der Waals surface area (Å²) in [7, 11) is 3.03. The molecule has 1 aromatic carbocycles. The Hall–Kier alpha value is -3.34. The summed E-state index contributed by atoms with van der Waals surface area (Å²) in [4.78, 5) is 28.4. The molecule has 0 aliphatic rings. The minimum atomic E-state index is -0.406. The van der Waals surface area contributed by atoms with Crippen LogP contribution in [0.25, 0.3) is 11.2 Å². The molecule has 128 valence electrons. The lowest BCUT2D eigenvalue weighted by atomic mass is 10.2. The van der Waals surface area contributed by atoms with Crippen molar-refractivity contribution in [1.29, 1.82) is 5.26 Å². The van der Waals surface area contributed by atoms with Crippen LogP contribution >= 0.6 is 0 Å².